The molecule has 0 bridgehead atoms. The summed E-state index contributed by atoms with van der Waals surface area (Å²) in [4.78, 5) is 16.0. The van der Waals surface area contributed by atoms with Crippen LogP contribution in [0.2, 0.25) is 5.15 Å². The van der Waals surface area contributed by atoms with Crippen molar-refractivity contribution in [2.24, 2.45) is 0 Å². The van der Waals surface area contributed by atoms with E-state index in [0.29, 0.717) is 10.8 Å². The number of nitrogens with one attached hydrogen (secondary N) is 1. The van der Waals surface area contributed by atoms with E-state index in [1.54, 1.807) is 42.3 Å². The summed E-state index contributed by atoms with van der Waals surface area (Å²) in [5.41, 5.74) is 1.53. The van der Waals surface area contributed by atoms with Crippen molar-refractivity contribution in [2.45, 2.75) is 19.9 Å². The highest BCUT2D eigenvalue weighted by Crippen LogP contribution is 2.18. The molecule has 1 atom stereocenters. The van der Waals surface area contributed by atoms with E-state index in [4.69, 9.17) is 11.6 Å². The van der Waals surface area contributed by atoms with E-state index >= 15 is 0 Å². The van der Waals surface area contributed by atoms with Crippen molar-refractivity contribution in [2.75, 3.05) is 5.32 Å². The predicted molar refractivity (Wildman–Crippen MR) is 69.6 cm³/mol. The molecule has 94 valence electrons. The Hall–Kier alpha value is -1.88. The monoisotopic (exact) mass is 264 g/mol. The van der Waals surface area contributed by atoms with Crippen LogP contribution < -0.4 is 5.32 Å². The van der Waals surface area contributed by atoms with Gasteiger partial charge in [0.05, 0.1) is 11.9 Å². The van der Waals surface area contributed by atoms with Gasteiger partial charge >= 0.3 is 0 Å². The smallest absolute Gasteiger partial charge is 0.248 e. The number of hydrogen-bond donors (Lipinski definition) is 1. The lowest BCUT2D eigenvalue weighted by atomic mass is 10.2. The largest absolute Gasteiger partial charge is 0.323 e. The average molecular weight is 265 g/mol. The van der Waals surface area contributed by atoms with Gasteiger partial charge in [-0.1, -0.05) is 11.6 Å². The van der Waals surface area contributed by atoms with Crippen LogP contribution in [-0.4, -0.2) is 20.7 Å². The molecule has 0 fully saturated rings. The zero-order valence-electron chi connectivity index (χ0n) is 10.1. The molecule has 1 N–H and O–H groups in total. The molecule has 0 saturated carbocycles. The minimum atomic E-state index is -0.380. The number of pyridine rings is 1. The maximum Gasteiger partial charge on any atom is 0.248 e. The van der Waals surface area contributed by atoms with Gasteiger partial charge < -0.3 is 5.32 Å². The van der Waals surface area contributed by atoms with Crippen molar-refractivity contribution in [3.63, 3.8) is 0 Å². The minimum absolute atomic E-state index is 0.147. The molecule has 0 aliphatic rings. The predicted octanol–water partition coefficient (Wildman–Crippen LogP) is 2.44. The van der Waals surface area contributed by atoms with Crippen LogP contribution in [0.1, 0.15) is 18.5 Å². The Morgan fingerprint density at radius 1 is 1.56 bits per heavy atom. The first kappa shape index (κ1) is 12.6. The van der Waals surface area contributed by atoms with Crippen molar-refractivity contribution in [3.05, 3.63) is 41.4 Å². The van der Waals surface area contributed by atoms with Gasteiger partial charge in [0.25, 0.3) is 0 Å². The fraction of sp³-hybridized carbons (Fsp3) is 0.250. The molecule has 0 radical (unpaired) electrons. The number of carbonyl (C=O) groups excluding carboxylic acids is 1. The van der Waals surface area contributed by atoms with Gasteiger partial charge in [0.2, 0.25) is 5.91 Å². The third-order valence-electron chi connectivity index (χ3n) is 2.64. The lowest BCUT2D eigenvalue weighted by Gasteiger charge is -2.13. The molecule has 1 unspecified atom stereocenters. The highest BCUT2D eigenvalue weighted by Gasteiger charge is 2.15. The Morgan fingerprint density at radius 2 is 2.33 bits per heavy atom. The molecule has 2 aromatic heterocycles. The summed E-state index contributed by atoms with van der Waals surface area (Å²) in [5, 5.41) is 7.25. The fourth-order valence-corrected chi connectivity index (χ4v) is 1.73. The standard InChI is InChI=1S/C12H13ClN4O/c1-8-6-11(13)14-7-10(8)16-12(18)9(2)17-5-3-4-15-17/h3-7,9H,1-2H3,(H,16,18). The van der Waals surface area contributed by atoms with E-state index in [9.17, 15) is 4.79 Å². The van der Waals surface area contributed by atoms with Gasteiger partial charge in [-0.25, -0.2) is 4.98 Å². The van der Waals surface area contributed by atoms with Gasteiger partial charge in [-0.2, -0.15) is 5.10 Å². The number of halogens is 1. The Kier molecular flexibility index (Phi) is 3.62. The first-order chi connectivity index (χ1) is 8.58. The molecule has 0 aromatic carbocycles. The molecule has 2 aromatic rings. The van der Waals surface area contributed by atoms with Gasteiger partial charge in [-0.05, 0) is 31.5 Å². The molecule has 5 nitrogen and oxygen atoms in total. The lowest BCUT2D eigenvalue weighted by molar-refractivity contribution is -0.119. The molecular formula is C12H13ClN4O. The zero-order chi connectivity index (χ0) is 13.1. The summed E-state index contributed by atoms with van der Waals surface area (Å²) in [6.07, 6.45) is 4.93. The second-order valence-corrected chi connectivity index (χ2v) is 4.36. The van der Waals surface area contributed by atoms with Crippen LogP contribution in [-0.2, 0) is 4.79 Å². The molecule has 0 saturated heterocycles. The maximum absolute atomic E-state index is 12.0. The number of carbonyl (C=O) groups is 1. The third-order valence-corrected chi connectivity index (χ3v) is 2.84. The number of anilines is 1. The van der Waals surface area contributed by atoms with Crippen LogP contribution in [0.25, 0.3) is 0 Å². The van der Waals surface area contributed by atoms with Gasteiger partial charge in [-0.15, -0.1) is 0 Å². The average Bonchev–Trinajstić information content (AvgIpc) is 2.85. The van der Waals surface area contributed by atoms with E-state index in [0.717, 1.165) is 5.56 Å². The van der Waals surface area contributed by atoms with Crippen LogP contribution in [0, 0.1) is 6.92 Å². The highest BCUT2D eigenvalue weighted by molar-refractivity contribution is 6.29. The van der Waals surface area contributed by atoms with Gasteiger partial charge in [0.15, 0.2) is 0 Å². The molecule has 0 spiro atoms. The van der Waals surface area contributed by atoms with Crippen molar-refractivity contribution >= 4 is 23.2 Å². The number of hydrogen-bond acceptors (Lipinski definition) is 3. The van der Waals surface area contributed by atoms with Crippen LogP contribution >= 0.6 is 11.6 Å². The minimum Gasteiger partial charge on any atom is -0.323 e. The molecule has 2 rings (SSSR count). The number of amides is 1. The van der Waals surface area contributed by atoms with Crippen LogP contribution in [0.15, 0.2) is 30.7 Å². The van der Waals surface area contributed by atoms with E-state index < -0.39 is 0 Å². The Morgan fingerprint density at radius 3 is 2.94 bits per heavy atom. The quantitative estimate of drug-likeness (QED) is 0.866. The Bertz CT molecular complexity index is 553. The summed E-state index contributed by atoms with van der Waals surface area (Å²) in [6, 6.07) is 3.10. The third kappa shape index (κ3) is 2.68. The number of aryl methyl sites for hydroxylation is 1. The second kappa shape index (κ2) is 5.18. The number of nitrogens with zero attached hydrogens (tertiary/aromatic N) is 3. The molecule has 1 amide bonds. The summed E-state index contributed by atoms with van der Waals surface area (Å²) in [7, 11) is 0. The first-order valence-electron chi connectivity index (χ1n) is 5.50. The van der Waals surface area contributed by atoms with Gasteiger partial charge in [-0.3, -0.25) is 9.48 Å². The van der Waals surface area contributed by atoms with Gasteiger partial charge in [0.1, 0.15) is 11.2 Å². The highest BCUT2D eigenvalue weighted by atomic mass is 35.5. The maximum atomic E-state index is 12.0. The fourth-order valence-electron chi connectivity index (χ4n) is 1.52. The summed E-state index contributed by atoms with van der Waals surface area (Å²) >= 11 is 5.76. The van der Waals surface area contributed by atoms with Crippen LogP contribution in [0.4, 0.5) is 5.69 Å². The second-order valence-electron chi connectivity index (χ2n) is 3.97. The van der Waals surface area contributed by atoms with E-state index in [1.807, 2.05) is 6.92 Å². The molecule has 0 aliphatic heterocycles. The lowest BCUT2D eigenvalue weighted by Crippen LogP contribution is -2.24. The number of aromatic nitrogens is 3. The van der Waals surface area contributed by atoms with E-state index in [1.165, 1.54) is 0 Å². The Balaban J connectivity index is 2.12. The van der Waals surface area contributed by atoms with E-state index in [2.05, 4.69) is 15.4 Å². The SMILES string of the molecule is Cc1cc(Cl)ncc1NC(=O)C(C)n1cccn1. The van der Waals surface area contributed by atoms with Crippen molar-refractivity contribution in [3.8, 4) is 0 Å². The van der Waals surface area contributed by atoms with Crippen molar-refractivity contribution in [1.82, 2.24) is 14.8 Å². The zero-order valence-corrected chi connectivity index (χ0v) is 10.8. The molecule has 18 heavy (non-hydrogen) atoms. The molecule has 0 aliphatic carbocycles. The Labute approximate surface area is 110 Å². The molecule has 2 heterocycles. The summed E-state index contributed by atoms with van der Waals surface area (Å²) < 4.78 is 1.59. The van der Waals surface area contributed by atoms with Crippen molar-refractivity contribution in [1.29, 1.82) is 0 Å². The topological polar surface area (TPSA) is 59.8 Å². The normalized spacial score (nSPS) is 12.2. The van der Waals surface area contributed by atoms with Crippen LogP contribution in [0.5, 0.6) is 0 Å². The molecular weight excluding hydrogens is 252 g/mol. The number of rotatable bonds is 3. The van der Waals surface area contributed by atoms with Crippen molar-refractivity contribution < 1.29 is 4.79 Å². The molecule has 6 heteroatoms. The summed E-state index contributed by atoms with van der Waals surface area (Å²) in [6.45, 7) is 3.64. The summed E-state index contributed by atoms with van der Waals surface area (Å²) in [5.74, 6) is -0.147. The van der Waals surface area contributed by atoms with E-state index in [-0.39, 0.29) is 11.9 Å². The first-order valence-corrected chi connectivity index (χ1v) is 5.88. The van der Waals surface area contributed by atoms with Crippen LogP contribution in [0.3, 0.4) is 0 Å². The van der Waals surface area contributed by atoms with Gasteiger partial charge in [0, 0.05) is 12.4 Å².